The third kappa shape index (κ3) is 5.76. The predicted octanol–water partition coefficient (Wildman–Crippen LogP) is 4.04. The van der Waals surface area contributed by atoms with Gasteiger partial charge in [-0.05, 0) is 18.3 Å². The Morgan fingerprint density at radius 1 is 1.06 bits per heavy atom. The molecule has 98 valence electrons. The first-order valence-electron chi connectivity index (χ1n) is 6.48. The van der Waals surface area contributed by atoms with Crippen LogP contribution in [0.25, 0.3) is 0 Å². The highest BCUT2D eigenvalue weighted by Crippen LogP contribution is 2.21. The van der Waals surface area contributed by atoms with Crippen molar-refractivity contribution in [2.75, 3.05) is 0 Å². The zero-order chi connectivity index (χ0) is 13.6. The average Bonchev–Trinajstić information content (AvgIpc) is 2.28. The van der Waals surface area contributed by atoms with E-state index in [1.165, 1.54) is 0 Å². The summed E-state index contributed by atoms with van der Waals surface area (Å²) < 4.78 is 0. The van der Waals surface area contributed by atoms with E-state index in [-0.39, 0.29) is 23.4 Å². The fourth-order valence-electron chi connectivity index (χ4n) is 1.81. The Morgan fingerprint density at radius 2 is 1.67 bits per heavy atom. The molecule has 18 heavy (non-hydrogen) atoms. The highest BCUT2D eigenvalue weighted by Gasteiger charge is 2.14. The minimum absolute atomic E-state index is 0.0359. The zero-order valence-electron chi connectivity index (χ0n) is 11.5. The van der Waals surface area contributed by atoms with Crippen LogP contribution in [0.2, 0.25) is 0 Å². The second-order valence-electron chi connectivity index (χ2n) is 5.92. The molecule has 0 saturated carbocycles. The van der Waals surface area contributed by atoms with Crippen LogP contribution in [0.5, 0.6) is 0 Å². The molecular weight excluding hydrogens is 224 g/mol. The van der Waals surface area contributed by atoms with Crippen LogP contribution in [0.1, 0.15) is 56.8 Å². The van der Waals surface area contributed by atoms with Gasteiger partial charge < -0.3 is 0 Å². The van der Waals surface area contributed by atoms with Gasteiger partial charge >= 0.3 is 0 Å². The smallest absolute Gasteiger partial charge is 0.170 e. The van der Waals surface area contributed by atoms with Crippen LogP contribution in [-0.4, -0.2) is 11.6 Å². The summed E-state index contributed by atoms with van der Waals surface area (Å²) in [7, 11) is 0. The predicted molar refractivity (Wildman–Crippen MR) is 73.7 cm³/mol. The van der Waals surface area contributed by atoms with E-state index >= 15 is 0 Å². The summed E-state index contributed by atoms with van der Waals surface area (Å²) in [5.74, 6) is -0.0236. The summed E-state index contributed by atoms with van der Waals surface area (Å²) in [6, 6.07) is 9.01. The van der Waals surface area contributed by atoms with Gasteiger partial charge in [0.25, 0.3) is 0 Å². The molecule has 0 saturated heterocycles. The number of hydrogen-bond acceptors (Lipinski definition) is 2. The topological polar surface area (TPSA) is 34.1 Å². The summed E-state index contributed by atoms with van der Waals surface area (Å²) >= 11 is 0. The normalized spacial score (nSPS) is 11.3. The maximum Gasteiger partial charge on any atom is 0.170 e. The van der Waals surface area contributed by atoms with Crippen LogP contribution in [0, 0.1) is 5.41 Å². The van der Waals surface area contributed by atoms with Crippen molar-refractivity contribution in [3.05, 3.63) is 35.9 Å². The third-order valence-corrected chi connectivity index (χ3v) is 2.84. The summed E-state index contributed by atoms with van der Waals surface area (Å²) in [6.45, 7) is 6.48. The molecule has 0 atom stereocenters. The molecule has 0 radical (unpaired) electrons. The van der Waals surface area contributed by atoms with Crippen molar-refractivity contribution in [3.8, 4) is 0 Å². The molecule has 1 aromatic carbocycles. The monoisotopic (exact) mass is 246 g/mol. The maximum absolute atomic E-state index is 11.8. The summed E-state index contributed by atoms with van der Waals surface area (Å²) in [4.78, 5) is 23.5. The molecule has 2 nitrogen and oxygen atoms in total. The van der Waals surface area contributed by atoms with E-state index < -0.39 is 0 Å². The lowest BCUT2D eigenvalue weighted by atomic mass is 9.89. The number of rotatable bonds is 6. The fourth-order valence-corrected chi connectivity index (χ4v) is 1.81. The van der Waals surface area contributed by atoms with Crippen molar-refractivity contribution >= 4 is 11.6 Å². The van der Waals surface area contributed by atoms with Gasteiger partial charge in [-0.1, -0.05) is 51.1 Å². The molecular formula is C16H22O2. The van der Waals surface area contributed by atoms with E-state index in [0.29, 0.717) is 12.0 Å². The number of benzene rings is 1. The van der Waals surface area contributed by atoms with E-state index in [1.54, 1.807) is 12.1 Å². The number of Topliss-reactive ketones (excluding diaryl/α,β-unsaturated/α-hetero) is 2. The van der Waals surface area contributed by atoms with Crippen LogP contribution in [0.15, 0.2) is 30.3 Å². The van der Waals surface area contributed by atoms with Crippen molar-refractivity contribution < 1.29 is 9.59 Å². The minimum Gasteiger partial charge on any atom is -0.299 e. The first-order valence-corrected chi connectivity index (χ1v) is 6.48. The molecule has 1 rings (SSSR count). The molecule has 0 aliphatic heterocycles. The highest BCUT2D eigenvalue weighted by atomic mass is 16.1. The Bertz CT molecular complexity index is 399. The first kappa shape index (κ1) is 14.6. The molecule has 0 amide bonds. The summed E-state index contributed by atoms with van der Waals surface area (Å²) in [6.07, 6.45) is 2.42. The van der Waals surface area contributed by atoms with Crippen molar-refractivity contribution in [2.24, 2.45) is 5.41 Å². The molecule has 2 heteroatoms. The van der Waals surface area contributed by atoms with Crippen LogP contribution >= 0.6 is 0 Å². The van der Waals surface area contributed by atoms with Gasteiger partial charge in [0.15, 0.2) is 5.78 Å². The molecule has 0 aliphatic carbocycles. The number of carbonyl (C=O) groups is 2. The molecule has 0 N–H and O–H groups in total. The Labute approximate surface area is 109 Å². The maximum atomic E-state index is 11.8. The Kier molecular flexibility index (Phi) is 5.26. The molecule has 0 bridgehead atoms. The van der Waals surface area contributed by atoms with Gasteiger partial charge in [-0.3, -0.25) is 9.59 Å². The van der Waals surface area contributed by atoms with Gasteiger partial charge in [0.2, 0.25) is 0 Å². The van der Waals surface area contributed by atoms with E-state index in [4.69, 9.17) is 0 Å². The van der Waals surface area contributed by atoms with Crippen LogP contribution in [0.3, 0.4) is 0 Å². The van der Waals surface area contributed by atoms with Crippen LogP contribution < -0.4 is 0 Å². The van der Waals surface area contributed by atoms with Crippen molar-refractivity contribution in [3.63, 3.8) is 0 Å². The standard InChI is InChI=1S/C16H22O2/c1-16(2,3)11-7-10-14(17)12-15(18)13-8-5-4-6-9-13/h4-6,8-9H,7,10-12H2,1-3H3. The van der Waals surface area contributed by atoms with E-state index in [9.17, 15) is 9.59 Å². The first-order chi connectivity index (χ1) is 8.38. The molecule has 0 aliphatic rings. The lowest BCUT2D eigenvalue weighted by Gasteiger charge is -2.17. The zero-order valence-corrected chi connectivity index (χ0v) is 11.5. The molecule has 0 heterocycles. The van der Waals surface area contributed by atoms with E-state index in [0.717, 1.165) is 12.8 Å². The number of hydrogen-bond donors (Lipinski definition) is 0. The van der Waals surface area contributed by atoms with E-state index in [2.05, 4.69) is 20.8 Å². The second-order valence-corrected chi connectivity index (χ2v) is 5.92. The van der Waals surface area contributed by atoms with Crippen molar-refractivity contribution in [1.29, 1.82) is 0 Å². The lowest BCUT2D eigenvalue weighted by Crippen LogP contribution is -2.10. The Balaban J connectivity index is 2.35. The second kappa shape index (κ2) is 6.48. The van der Waals surface area contributed by atoms with Crippen molar-refractivity contribution in [1.82, 2.24) is 0 Å². The fraction of sp³-hybridized carbons (Fsp3) is 0.500. The van der Waals surface area contributed by atoms with Gasteiger partial charge in [0, 0.05) is 12.0 Å². The highest BCUT2D eigenvalue weighted by molar-refractivity contribution is 6.07. The molecule has 0 spiro atoms. The van der Waals surface area contributed by atoms with E-state index in [1.807, 2.05) is 18.2 Å². The van der Waals surface area contributed by atoms with Crippen LogP contribution in [-0.2, 0) is 4.79 Å². The van der Waals surface area contributed by atoms with Gasteiger partial charge in [-0.15, -0.1) is 0 Å². The SMILES string of the molecule is CC(C)(C)CCCC(=O)CC(=O)c1ccccc1. The minimum atomic E-state index is -0.0728. The quantitative estimate of drug-likeness (QED) is 0.560. The van der Waals surface area contributed by atoms with Gasteiger partial charge in [-0.25, -0.2) is 0 Å². The Morgan fingerprint density at radius 3 is 2.22 bits per heavy atom. The molecule has 1 aromatic rings. The number of carbonyl (C=O) groups excluding carboxylic acids is 2. The molecule has 0 unspecified atom stereocenters. The lowest BCUT2D eigenvalue weighted by molar-refractivity contribution is -0.118. The Hall–Kier alpha value is -1.44. The summed E-state index contributed by atoms with van der Waals surface area (Å²) in [5, 5.41) is 0. The van der Waals surface area contributed by atoms with Crippen molar-refractivity contribution in [2.45, 2.75) is 46.5 Å². The average molecular weight is 246 g/mol. The summed E-state index contributed by atoms with van der Waals surface area (Å²) in [5.41, 5.74) is 0.880. The molecule has 0 aromatic heterocycles. The molecule has 0 fully saturated rings. The van der Waals surface area contributed by atoms with Gasteiger partial charge in [-0.2, -0.15) is 0 Å². The third-order valence-electron chi connectivity index (χ3n) is 2.84. The van der Waals surface area contributed by atoms with Gasteiger partial charge in [0.05, 0.1) is 6.42 Å². The van der Waals surface area contributed by atoms with Gasteiger partial charge in [0.1, 0.15) is 5.78 Å². The number of ketones is 2. The largest absolute Gasteiger partial charge is 0.299 e. The van der Waals surface area contributed by atoms with Crippen LogP contribution in [0.4, 0.5) is 0 Å².